The lowest BCUT2D eigenvalue weighted by molar-refractivity contribution is -0.127. The highest BCUT2D eigenvalue weighted by atomic mass is 32.1. The van der Waals surface area contributed by atoms with Crippen LogP contribution in [0.3, 0.4) is 0 Å². The number of nitrogens with zero attached hydrogens (tertiary/aromatic N) is 1. The number of thiophene rings is 1. The van der Waals surface area contributed by atoms with Gasteiger partial charge >= 0.3 is 0 Å². The molecule has 0 saturated heterocycles. The van der Waals surface area contributed by atoms with Crippen molar-refractivity contribution in [3.63, 3.8) is 0 Å². The molecule has 3 aromatic rings. The monoisotopic (exact) mass is 464 g/mol. The lowest BCUT2D eigenvalue weighted by atomic mass is 9.99. The average Bonchev–Trinajstić information content (AvgIpc) is 3.48. The summed E-state index contributed by atoms with van der Waals surface area (Å²) < 4.78 is 15.1. The fourth-order valence-corrected chi connectivity index (χ4v) is 5.28. The van der Waals surface area contributed by atoms with E-state index >= 15 is 4.39 Å². The highest BCUT2D eigenvalue weighted by Gasteiger charge is 2.36. The molecule has 1 N–H and O–H groups in total. The fourth-order valence-electron chi connectivity index (χ4n) is 4.59. The molecular weight excluding hydrogens is 435 g/mol. The number of halogens is 1. The number of hydrogen-bond donors (Lipinski definition) is 1. The first-order valence-electron chi connectivity index (χ1n) is 11.4. The minimum atomic E-state index is -1.10. The SMILES string of the molecule is Cc1ccc(N(C(=O)Cc2cccs2)[C@@H](C(=O)NC2CCCC2)c2ccccc2F)c(C)c1. The zero-order valence-electron chi connectivity index (χ0n) is 19.0. The van der Waals surface area contributed by atoms with Gasteiger partial charge in [0.1, 0.15) is 11.9 Å². The molecule has 0 spiro atoms. The second kappa shape index (κ2) is 10.3. The molecule has 1 fully saturated rings. The van der Waals surface area contributed by atoms with E-state index in [-0.39, 0.29) is 29.8 Å². The van der Waals surface area contributed by atoms with Crippen molar-refractivity contribution in [3.8, 4) is 0 Å². The summed E-state index contributed by atoms with van der Waals surface area (Å²) in [5, 5.41) is 5.02. The Kier molecular flexibility index (Phi) is 7.23. The van der Waals surface area contributed by atoms with E-state index in [1.807, 2.05) is 49.6 Å². The topological polar surface area (TPSA) is 49.4 Å². The molecule has 1 aromatic heterocycles. The summed E-state index contributed by atoms with van der Waals surface area (Å²) in [6.45, 7) is 3.90. The Morgan fingerprint density at radius 2 is 1.85 bits per heavy atom. The van der Waals surface area contributed by atoms with Crippen molar-refractivity contribution in [1.82, 2.24) is 5.32 Å². The molecule has 1 aliphatic carbocycles. The second-order valence-corrected chi connectivity index (χ2v) is 9.76. The van der Waals surface area contributed by atoms with Crippen LogP contribution in [-0.4, -0.2) is 17.9 Å². The van der Waals surface area contributed by atoms with E-state index in [9.17, 15) is 9.59 Å². The molecule has 0 unspecified atom stereocenters. The number of benzene rings is 2. The lowest BCUT2D eigenvalue weighted by Gasteiger charge is -2.33. The minimum Gasteiger partial charge on any atom is -0.351 e. The van der Waals surface area contributed by atoms with E-state index in [1.165, 1.54) is 22.3 Å². The van der Waals surface area contributed by atoms with Crippen LogP contribution in [0, 0.1) is 19.7 Å². The number of rotatable bonds is 7. The first-order chi connectivity index (χ1) is 15.9. The van der Waals surface area contributed by atoms with Gasteiger partial charge in [-0.05, 0) is 55.8 Å². The van der Waals surface area contributed by atoms with Gasteiger partial charge in [-0.1, -0.05) is 54.8 Å². The smallest absolute Gasteiger partial charge is 0.248 e. The molecule has 0 aliphatic heterocycles. The number of hydrogen-bond acceptors (Lipinski definition) is 3. The van der Waals surface area contributed by atoms with Gasteiger partial charge in [0.15, 0.2) is 0 Å². The number of carbonyl (C=O) groups excluding carboxylic acids is 2. The highest BCUT2D eigenvalue weighted by molar-refractivity contribution is 7.10. The third-order valence-corrected chi connectivity index (χ3v) is 7.07. The molecule has 1 aliphatic rings. The van der Waals surface area contributed by atoms with Crippen LogP contribution in [0.4, 0.5) is 10.1 Å². The summed E-state index contributed by atoms with van der Waals surface area (Å²) in [5.74, 6) is -1.08. The Morgan fingerprint density at radius 3 is 2.52 bits per heavy atom. The van der Waals surface area contributed by atoms with Crippen molar-refractivity contribution >= 4 is 28.8 Å². The van der Waals surface area contributed by atoms with Gasteiger partial charge in [0, 0.05) is 22.2 Å². The molecular formula is C27H29FN2O2S. The largest absolute Gasteiger partial charge is 0.351 e. The first kappa shape index (κ1) is 23.2. The van der Waals surface area contributed by atoms with Gasteiger partial charge < -0.3 is 5.32 Å². The Morgan fingerprint density at radius 1 is 1.09 bits per heavy atom. The van der Waals surface area contributed by atoms with Crippen molar-refractivity contribution in [1.29, 1.82) is 0 Å². The molecule has 6 heteroatoms. The van der Waals surface area contributed by atoms with Crippen LogP contribution in [0.15, 0.2) is 60.0 Å². The summed E-state index contributed by atoms with van der Waals surface area (Å²) in [7, 11) is 0. The highest BCUT2D eigenvalue weighted by Crippen LogP contribution is 2.33. The lowest BCUT2D eigenvalue weighted by Crippen LogP contribution is -2.47. The van der Waals surface area contributed by atoms with E-state index in [1.54, 1.807) is 18.2 Å². The Hall–Kier alpha value is -2.99. The van der Waals surface area contributed by atoms with Crippen LogP contribution in [-0.2, 0) is 16.0 Å². The van der Waals surface area contributed by atoms with Crippen LogP contribution < -0.4 is 10.2 Å². The van der Waals surface area contributed by atoms with Crippen LogP contribution in [0.2, 0.25) is 0 Å². The van der Waals surface area contributed by atoms with Crippen LogP contribution in [0.1, 0.15) is 53.3 Å². The normalized spacial score (nSPS) is 14.8. The van der Waals surface area contributed by atoms with Crippen molar-refractivity contribution in [2.75, 3.05) is 4.90 Å². The third-order valence-electron chi connectivity index (χ3n) is 6.19. The molecule has 1 heterocycles. The second-order valence-electron chi connectivity index (χ2n) is 8.72. The van der Waals surface area contributed by atoms with E-state index in [4.69, 9.17) is 0 Å². The zero-order valence-corrected chi connectivity index (χ0v) is 19.8. The zero-order chi connectivity index (χ0) is 23.4. The predicted octanol–water partition coefficient (Wildman–Crippen LogP) is 5.88. The minimum absolute atomic E-state index is 0.0557. The molecule has 33 heavy (non-hydrogen) atoms. The summed E-state index contributed by atoms with van der Waals surface area (Å²) >= 11 is 1.49. The molecule has 2 aromatic carbocycles. The van der Waals surface area contributed by atoms with Gasteiger partial charge in [-0.15, -0.1) is 11.3 Å². The van der Waals surface area contributed by atoms with E-state index in [0.29, 0.717) is 5.69 Å². The maximum absolute atomic E-state index is 15.1. The Bertz CT molecular complexity index is 1120. The van der Waals surface area contributed by atoms with Crippen molar-refractivity contribution in [3.05, 3.63) is 87.4 Å². The number of carbonyl (C=O) groups is 2. The standard InChI is InChI=1S/C27H29FN2O2S/c1-18-13-14-24(19(2)16-18)30(25(31)17-21-10-7-15-33-21)26(22-11-5-6-12-23(22)28)27(32)29-20-8-3-4-9-20/h5-7,10-16,20,26H,3-4,8-9,17H2,1-2H3,(H,29,32)/t26-/m1/s1. The summed E-state index contributed by atoms with van der Waals surface area (Å²) in [4.78, 5) is 29.8. The summed E-state index contributed by atoms with van der Waals surface area (Å²) in [6, 6.07) is 14.8. The molecule has 4 rings (SSSR count). The average molecular weight is 465 g/mol. The van der Waals surface area contributed by atoms with Gasteiger partial charge in [-0.25, -0.2) is 4.39 Å². The van der Waals surface area contributed by atoms with Crippen molar-refractivity contribution in [2.24, 2.45) is 0 Å². The quantitative estimate of drug-likeness (QED) is 0.475. The Balaban J connectivity index is 1.81. The van der Waals surface area contributed by atoms with Crippen LogP contribution in [0.25, 0.3) is 0 Å². The van der Waals surface area contributed by atoms with Gasteiger partial charge in [0.05, 0.1) is 6.42 Å². The molecule has 1 atom stereocenters. The van der Waals surface area contributed by atoms with Crippen molar-refractivity contribution in [2.45, 2.75) is 58.0 Å². The van der Waals surface area contributed by atoms with Crippen molar-refractivity contribution < 1.29 is 14.0 Å². The summed E-state index contributed by atoms with van der Waals surface area (Å²) in [6.07, 6.45) is 4.08. The third kappa shape index (κ3) is 5.33. The number of anilines is 1. The molecule has 2 amide bonds. The number of aryl methyl sites for hydroxylation is 2. The van der Waals surface area contributed by atoms with E-state index < -0.39 is 11.9 Å². The van der Waals surface area contributed by atoms with Gasteiger partial charge in [0.2, 0.25) is 11.8 Å². The molecule has 0 bridgehead atoms. The number of amides is 2. The molecule has 172 valence electrons. The summed E-state index contributed by atoms with van der Waals surface area (Å²) in [5.41, 5.74) is 2.74. The first-order valence-corrected chi connectivity index (χ1v) is 12.3. The van der Waals surface area contributed by atoms with Crippen LogP contribution in [0.5, 0.6) is 0 Å². The van der Waals surface area contributed by atoms with Crippen LogP contribution >= 0.6 is 11.3 Å². The Labute approximate surface area is 198 Å². The predicted molar refractivity (Wildman–Crippen MR) is 131 cm³/mol. The maximum Gasteiger partial charge on any atom is 0.248 e. The molecule has 0 radical (unpaired) electrons. The van der Waals surface area contributed by atoms with E-state index in [0.717, 1.165) is 41.7 Å². The van der Waals surface area contributed by atoms with Gasteiger partial charge in [0.25, 0.3) is 0 Å². The maximum atomic E-state index is 15.1. The van der Waals surface area contributed by atoms with E-state index in [2.05, 4.69) is 5.32 Å². The molecule has 1 saturated carbocycles. The number of nitrogens with one attached hydrogen (secondary N) is 1. The fraction of sp³-hybridized carbons (Fsp3) is 0.333. The van der Waals surface area contributed by atoms with Gasteiger partial charge in [-0.3, -0.25) is 14.5 Å². The molecule has 4 nitrogen and oxygen atoms in total. The van der Waals surface area contributed by atoms with Gasteiger partial charge in [-0.2, -0.15) is 0 Å².